The van der Waals surface area contributed by atoms with Gasteiger partial charge in [0.25, 0.3) is 5.91 Å². The number of anilines is 1. The highest BCUT2D eigenvalue weighted by molar-refractivity contribution is 5.92. The minimum absolute atomic E-state index is 0.00198. The largest absolute Gasteiger partial charge is 0.497 e. The number of nitrogens with one attached hydrogen (secondary N) is 1. The molecule has 8 heteroatoms. The number of hydrogen-bond donors (Lipinski definition) is 1. The zero-order valence-electron chi connectivity index (χ0n) is 24.0. The molecule has 2 aromatic carbocycles. The van der Waals surface area contributed by atoms with E-state index < -0.39 is 0 Å². The van der Waals surface area contributed by atoms with E-state index in [1.807, 2.05) is 40.1 Å². The fourth-order valence-corrected chi connectivity index (χ4v) is 6.83. The highest BCUT2D eigenvalue weighted by Crippen LogP contribution is 2.33. The van der Waals surface area contributed by atoms with Crippen molar-refractivity contribution in [1.29, 1.82) is 0 Å². The molecule has 0 bridgehead atoms. The fourth-order valence-electron chi connectivity index (χ4n) is 6.83. The number of ether oxygens (including phenoxy) is 1. The van der Waals surface area contributed by atoms with Crippen molar-refractivity contribution in [3.05, 3.63) is 82.9 Å². The van der Waals surface area contributed by atoms with Crippen molar-refractivity contribution in [3.63, 3.8) is 0 Å². The first-order chi connectivity index (χ1) is 20.0. The Balaban J connectivity index is 1.01. The zero-order chi connectivity index (χ0) is 28.3. The van der Waals surface area contributed by atoms with Gasteiger partial charge in [-0.1, -0.05) is 31.2 Å². The number of carbonyl (C=O) groups excluding carboxylic acids is 2. The van der Waals surface area contributed by atoms with Crippen molar-refractivity contribution in [2.45, 2.75) is 70.4 Å². The van der Waals surface area contributed by atoms with Crippen LogP contribution in [0, 0.1) is 5.92 Å². The van der Waals surface area contributed by atoms with E-state index in [1.54, 1.807) is 7.11 Å². The first-order valence-corrected chi connectivity index (χ1v) is 14.9. The highest BCUT2D eigenvalue weighted by atomic mass is 16.5. The summed E-state index contributed by atoms with van der Waals surface area (Å²) in [5.41, 5.74) is 5.96. The molecule has 6 rings (SSSR count). The second-order valence-electron chi connectivity index (χ2n) is 11.8. The third kappa shape index (κ3) is 5.92. The number of methoxy groups -OCH3 is 1. The van der Waals surface area contributed by atoms with Crippen LogP contribution in [0.3, 0.4) is 0 Å². The summed E-state index contributed by atoms with van der Waals surface area (Å²) in [6.45, 7) is 4.22. The molecule has 1 fully saturated rings. The van der Waals surface area contributed by atoms with Gasteiger partial charge in [-0.05, 0) is 97.7 Å². The van der Waals surface area contributed by atoms with Crippen molar-refractivity contribution < 1.29 is 14.3 Å². The molecule has 3 amide bonds. The molecule has 3 aromatic rings. The van der Waals surface area contributed by atoms with E-state index in [9.17, 15) is 9.59 Å². The van der Waals surface area contributed by atoms with Gasteiger partial charge in [0, 0.05) is 37.1 Å². The van der Waals surface area contributed by atoms with Crippen molar-refractivity contribution >= 4 is 17.6 Å². The summed E-state index contributed by atoms with van der Waals surface area (Å²) in [5, 5.41) is 3.11. The average molecular weight is 554 g/mol. The van der Waals surface area contributed by atoms with Crippen LogP contribution in [0.2, 0.25) is 0 Å². The average Bonchev–Trinajstić information content (AvgIpc) is 3.17. The first-order valence-electron chi connectivity index (χ1n) is 14.9. The van der Waals surface area contributed by atoms with Crippen LogP contribution in [0.4, 0.5) is 10.5 Å². The topological polar surface area (TPSA) is 87.7 Å². The monoisotopic (exact) mass is 553 g/mol. The Morgan fingerprint density at radius 1 is 1.05 bits per heavy atom. The second kappa shape index (κ2) is 11.9. The lowest BCUT2D eigenvalue weighted by atomic mass is 9.82. The molecular weight excluding hydrogens is 514 g/mol. The number of hydrogen-bond acceptors (Lipinski definition) is 5. The van der Waals surface area contributed by atoms with Crippen molar-refractivity contribution in [2.24, 2.45) is 5.92 Å². The van der Waals surface area contributed by atoms with E-state index in [0.717, 1.165) is 74.2 Å². The third-order valence-corrected chi connectivity index (χ3v) is 9.17. The van der Waals surface area contributed by atoms with Gasteiger partial charge in [0.2, 0.25) is 0 Å². The van der Waals surface area contributed by atoms with Crippen molar-refractivity contribution in [3.8, 4) is 5.75 Å². The molecule has 3 aliphatic rings. The Morgan fingerprint density at radius 3 is 2.71 bits per heavy atom. The predicted molar refractivity (Wildman–Crippen MR) is 158 cm³/mol. The summed E-state index contributed by atoms with van der Waals surface area (Å²) in [6, 6.07) is 16.4. The quantitative estimate of drug-likeness (QED) is 0.415. The van der Waals surface area contributed by atoms with E-state index >= 15 is 0 Å². The smallest absolute Gasteiger partial charge is 0.322 e. The van der Waals surface area contributed by atoms with Gasteiger partial charge in [-0.25, -0.2) is 14.8 Å². The standard InChI is InChI=1S/C33H39N5O3/c1-22-19-37(20-25-5-3-4-6-29(22)25)32(39)31-18-26(34-21-35-31)10-7-23-8-11-27(12-9-23)38-16-15-24-17-28(41-2)13-14-30(24)36-33(38)40/h3-6,13-14,17-18,21-23,27H,7-12,15-16,19-20H2,1-2H3,(H,36,40). The van der Waals surface area contributed by atoms with Crippen LogP contribution in [0.1, 0.15) is 77.8 Å². The van der Waals surface area contributed by atoms with Crippen molar-refractivity contribution in [2.75, 3.05) is 25.5 Å². The van der Waals surface area contributed by atoms with Gasteiger partial charge in [0.15, 0.2) is 0 Å². The number of fused-ring (bicyclic) bond motifs is 2. The molecule has 1 aromatic heterocycles. The Kier molecular flexibility index (Phi) is 7.90. The maximum absolute atomic E-state index is 13.3. The lowest BCUT2D eigenvalue weighted by molar-refractivity contribution is 0.0714. The van der Waals surface area contributed by atoms with Crippen LogP contribution in [-0.4, -0.2) is 57.9 Å². The Labute approximate surface area is 242 Å². The summed E-state index contributed by atoms with van der Waals surface area (Å²) < 4.78 is 5.37. The zero-order valence-corrected chi connectivity index (χ0v) is 24.0. The van der Waals surface area contributed by atoms with Crippen molar-refractivity contribution in [1.82, 2.24) is 19.8 Å². The maximum Gasteiger partial charge on any atom is 0.322 e. The lowest BCUT2D eigenvalue weighted by Gasteiger charge is -2.36. The SMILES string of the molecule is COc1ccc2c(c1)CCN(C1CCC(CCc3cc(C(=O)N4Cc5ccccc5C(C)C4)ncn3)CC1)C(=O)N2. The highest BCUT2D eigenvalue weighted by Gasteiger charge is 2.31. The van der Waals surface area contributed by atoms with Crippen LogP contribution >= 0.6 is 0 Å². The number of urea groups is 1. The predicted octanol–water partition coefficient (Wildman–Crippen LogP) is 5.83. The van der Waals surface area contributed by atoms with Crippen LogP contribution < -0.4 is 10.1 Å². The van der Waals surface area contributed by atoms with Crippen LogP contribution in [0.25, 0.3) is 0 Å². The van der Waals surface area contributed by atoms with Gasteiger partial charge in [0.1, 0.15) is 17.8 Å². The van der Waals surface area contributed by atoms with Gasteiger partial charge in [-0.15, -0.1) is 0 Å². The van der Waals surface area contributed by atoms with Gasteiger partial charge in [-0.3, -0.25) is 4.79 Å². The summed E-state index contributed by atoms with van der Waals surface area (Å²) in [5.74, 6) is 1.70. The molecule has 8 nitrogen and oxygen atoms in total. The van der Waals surface area contributed by atoms with E-state index in [4.69, 9.17) is 4.74 Å². The molecule has 214 valence electrons. The Hall–Kier alpha value is -3.94. The van der Waals surface area contributed by atoms with E-state index in [2.05, 4.69) is 40.4 Å². The molecule has 3 heterocycles. The number of benzene rings is 2. The summed E-state index contributed by atoms with van der Waals surface area (Å²) in [4.78, 5) is 39.2. The van der Waals surface area contributed by atoms with Gasteiger partial charge >= 0.3 is 6.03 Å². The number of rotatable bonds is 6. The van der Waals surface area contributed by atoms with E-state index in [1.165, 1.54) is 17.5 Å². The van der Waals surface area contributed by atoms with Crippen LogP contribution in [0.15, 0.2) is 54.9 Å². The second-order valence-corrected chi connectivity index (χ2v) is 11.8. The van der Waals surface area contributed by atoms with E-state index in [0.29, 0.717) is 30.6 Å². The maximum atomic E-state index is 13.3. The number of amides is 3. The molecule has 1 N–H and O–H groups in total. The van der Waals surface area contributed by atoms with Crippen LogP contribution in [-0.2, 0) is 19.4 Å². The lowest BCUT2D eigenvalue weighted by Crippen LogP contribution is -2.44. The normalized spacial score (nSPS) is 22.3. The summed E-state index contributed by atoms with van der Waals surface area (Å²) in [6.07, 6.45) is 8.44. The Morgan fingerprint density at radius 2 is 1.88 bits per heavy atom. The van der Waals surface area contributed by atoms with Gasteiger partial charge in [0.05, 0.1) is 7.11 Å². The number of carbonyl (C=O) groups is 2. The number of aromatic nitrogens is 2. The van der Waals surface area contributed by atoms with Gasteiger partial charge < -0.3 is 19.9 Å². The molecule has 0 radical (unpaired) electrons. The Bertz CT molecular complexity index is 1420. The summed E-state index contributed by atoms with van der Waals surface area (Å²) in [7, 11) is 1.67. The molecule has 2 aliphatic heterocycles. The molecule has 0 saturated heterocycles. The van der Waals surface area contributed by atoms with Gasteiger partial charge in [-0.2, -0.15) is 0 Å². The van der Waals surface area contributed by atoms with Crippen LogP contribution in [0.5, 0.6) is 5.75 Å². The first kappa shape index (κ1) is 27.2. The number of aryl methyl sites for hydroxylation is 1. The molecular formula is C33H39N5O3. The molecule has 1 unspecified atom stereocenters. The van der Waals surface area contributed by atoms with E-state index in [-0.39, 0.29) is 18.0 Å². The third-order valence-electron chi connectivity index (χ3n) is 9.17. The molecule has 1 saturated carbocycles. The minimum Gasteiger partial charge on any atom is -0.497 e. The fraction of sp³-hybridized carbons (Fsp3) is 0.455. The molecule has 41 heavy (non-hydrogen) atoms. The number of nitrogens with zero attached hydrogens (tertiary/aromatic N) is 4. The molecule has 1 atom stereocenters. The minimum atomic E-state index is -0.0215. The molecule has 1 aliphatic carbocycles. The molecule has 0 spiro atoms. The summed E-state index contributed by atoms with van der Waals surface area (Å²) >= 11 is 0.